The third kappa shape index (κ3) is 4.37. The van der Waals surface area contributed by atoms with Crippen LogP contribution < -0.4 is 20.5 Å². The standard InChI is InChI=1S/C21H21N3O4/c1-13-4-7-15(8-5-13)16-11-17(24-21(26)23-16)20(25)22-12-14-6-9-18(27-2)19(10-14)28-3/h4-11H,12H2,1-3H3,(H,22,25)(H,23,24,26). The number of benzene rings is 2. The van der Waals surface area contributed by atoms with Crippen molar-refractivity contribution in [2.45, 2.75) is 13.5 Å². The Balaban J connectivity index is 1.77. The Morgan fingerprint density at radius 3 is 2.43 bits per heavy atom. The van der Waals surface area contributed by atoms with Gasteiger partial charge in [-0.05, 0) is 30.7 Å². The maximum atomic E-state index is 12.5. The van der Waals surface area contributed by atoms with Gasteiger partial charge in [0, 0.05) is 12.1 Å². The molecule has 1 amide bonds. The average molecular weight is 379 g/mol. The summed E-state index contributed by atoms with van der Waals surface area (Å²) < 4.78 is 10.5. The number of nitrogens with one attached hydrogen (secondary N) is 2. The quantitative estimate of drug-likeness (QED) is 0.687. The minimum absolute atomic E-state index is 0.149. The first kappa shape index (κ1) is 19.2. The average Bonchev–Trinajstić information content (AvgIpc) is 2.71. The van der Waals surface area contributed by atoms with Crippen molar-refractivity contribution in [2.75, 3.05) is 14.2 Å². The Labute approximate surface area is 162 Å². The van der Waals surface area contributed by atoms with E-state index in [-0.39, 0.29) is 12.2 Å². The van der Waals surface area contributed by atoms with Crippen LogP contribution in [-0.2, 0) is 6.54 Å². The number of carbonyl (C=O) groups is 1. The van der Waals surface area contributed by atoms with E-state index in [1.165, 1.54) is 0 Å². The van der Waals surface area contributed by atoms with Gasteiger partial charge in [0.05, 0.1) is 19.9 Å². The summed E-state index contributed by atoms with van der Waals surface area (Å²) in [5.74, 6) is 0.787. The van der Waals surface area contributed by atoms with Crippen LogP contribution in [0.1, 0.15) is 21.6 Å². The lowest BCUT2D eigenvalue weighted by Gasteiger charge is -2.10. The van der Waals surface area contributed by atoms with Gasteiger partial charge in [-0.2, -0.15) is 4.98 Å². The van der Waals surface area contributed by atoms with E-state index in [1.807, 2.05) is 37.3 Å². The van der Waals surface area contributed by atoms with Crippen LogP contribution in [-0.4, -0.2) is 30.1 Å². The maximum Gasteiger partial charge on any atom is 0.346 e. The molecule has 0 aliphatic carbocycles. The number of carbonyl (C=O) groups excluding carboxylic acids is 1. The topological polar surface area (TPSA) is 93.3 Å². The van der Waals surface area contributed by atoms with E-state index in [0.29, 0.717) is 17.2 Å². The number of H-pyrrole nitrogens is 1. The van der Waals surface area contributed by atoms with E-state index >= 15 is 0 Å². The fourth-order valence-corrected chi connectivity index (χ4v) is 2.72. The Kier molecular flexibility index (Phi) is 5.74. The molecular weight excluding hydrogens is 358 g/mol. The van der Waals surface area contributed by atoms with Crippen LogP contribution in [0, 0.1) is 6.92 Å². The second-order valence-electron chi connectivity index (χ2n) is 6.22. The highest BCUT2D eigenvalue weighted by atomic mass is 16.5. The van der Waals surface area contributed by atoms with Crippen LogP contribution in [0.5, 0.6) is 11.5 Å². The molecule has 0 bridgehead atoms. The zero-order valence-corrected chi connectivity index (χ0v) is 15.9. The van der Waals surface area contributed by atoms with Crippen LogP contribution in [0.25, 0.3) is 11.3 Å². The molecule has 144 valence electrons. The Hall–Kier alpha value is -3.61. The molecule has 0 aliphatic rings. The van der Waals surface area contributed by atoms with Crippen LogP contribution in [0.4, 0.5) is 0 Å². The zero-order chi connectivity index (χ0) is 20.1. The van der Waals surface area contributed by atoms with Crippen LogP contribution in [0.3, 0.4) is 0 Å². The fourth-order valence-electron chi connectivity index (χ4n) is 2.72. The molecule has 0 saturated carbocycles. The summed E-state index contributed by atoms with van der Waals surface area (Å²) in [5.41, 5.74) is 2.72. The van der Waals surface area contributed by atoms with Crippen LogP contribution in [0.2, 0.25) is 0 Å². The van der Waals surface area contributed by atoms with Crippen molar-refractivity contribution in [1.82, 2.24) is 15.3 Å². The first-order valence-electron chi connectivity index (χ1n) is 8.67. The van der Waals surface area contributed by atoms with Gasteiger partial charge >= 0.3 is 5.69 Å². The van der Waals surface area contributed by atoms with E-state index in [0.717, 1.165) is 16.7 Å². The summed E-state index contributed by atoms with van der Waals surface area (Å²) in [5, 5.41) is 2.79. The van der Waals surface area contributed by atoms with Gasteiger partial charge < -0.3 is 19.8 Å². The molecule has 28 heavy (non-hydrogen) atoms. The Bertz CT molecular complexity index is 1040. The van der Waals surface area contributed by atoms with E-state index in [9.17, 15) is 9.59 Å². The molecule has 0 aliphatic heterocycles. The van der Waals surface area contributed by atoms with E-state index in [4.69, 9.17) is 9.47 Å². The minimum atomic E-state index is -0.575. The number of hydrogen-bond donors (Lipinski definition) is 2. The smallest absolute Gasteiger partial charge is 0.346 e. The van der Waals surface area contributed by atoms with Gasteiger partial charge in [0.1, 0.15) is 5.69 Å². The number of nitrogens with zero attached hydrogens (tertiary/aromatic N) is 1. The van der Waals surface area contributed by atoms with Gasteiger partial charge in [-0.25, -0.2) is 4.79 Å². The highest BCUT2D eigenvalue weighted by Crippen LogP contribution is 2.27. The maximum absolute atomic E-state index is 12.5. The molecule has 1 aromatic heterocycles. The first-order chi connectivity index (χ1) is 13.5. The van der Waals surface area contributed by atoms with Gasteiger partial charge in [0.15, 0.2) is 11.5 Å². The SMILES string of the molecule is COc1ccc(CNC(=O)c2cc(-c3ccc(C)cc3)nc(=O)[nH]2)cc1OC. The van der Waals surface area contributed by atoms with Gasteiger partial charge in [0.2, 0.25) is 0 Å². The van der Waals surface area contributed by atoms with Gasteiger partial charge in [0.25, 0.3) is 5.91 Å². The van der Waals surface area contributed by atoms with Crippen molar-refractivity contribution >= 4 is 5.91 Å². The second-order valence-corrected chi connectivity index (χ2v) is 6.22. The third-order valence-electron chi connectivity index (χ3n) is 4.24. The molecule has 0 saturated heterocycles. The van der Waals surface area contributed by atoms with Crippen molar-refractivity contribution in [2.24, 2.45) is 0 Å². The largest absolute Gasteiger partial charge is 0.493 e. The molecule has 0 fully saturated rings. The highest BCUT2D eigenvalue weighted by Gasteiger charge is 2.11. The van der Waals surface area contributed by atoms with Crippen molar-refractivity contribution in [1.29, 1.82) is 0 Å². The summed E-state index contributed by atoms with van der Waals surface area (Å²) in [6.45, 7) is 2.24. The molecule has 2 N–H and O–H groups in total. The van der Waals surface area contributed by atoms with Gasteiger partial charge in [-0.15, -0.1) is 0 Å². The molecule has 0 unspecified atom stereocenters. The number of aryl methyl sites for hydroxylation is 1. The molecular formula is C21H21N3O4. The summed E-state index contributed by atoms with van der Waals surface area (Å²) in [7, 11) is 3.11. The van der Waals surface area contributed by atoms with Gasteiger partial charge in [-0.1, -0.05) is 35.9 Å². The molecule has 3 rings (SSSR count). The van der Waals surface area contributed by atoms with E-state index in [1.54, 1.807) is 32.4 Å². The molecule has 7 heteroatoms. The number of aromatic nitrogens is 2. The monoisotopic (exact) mass is 379 g/mol. The molecule has 2 aromatic carbocycles. The normalized spacial score (nSPS) is 10.4. The first-order valence-corrected chi connectivity index (χ1v) is 8.67. The lowest BCUT2D eigenvalue weighted by molar-refractivity contribution is 0.0945. The Morgan fingerprint density at radius 1 is 1.04 bits per heavy atom. The van der Waals surface area contributed by atoms with Crippen LogP contribution >= 0.6 is 0 Å². The molecule has 3 aromatic rings. The molecule has 0 radical (unpaired) electrons. The van der Waals surface area contributed by atoms with E-state index in [2.05, 4.69) is 15.3 Å². The Morgan fingerprint density at radius 2 is 1.75 bits per heavy atom. The van der Waals surface area contributed by atoms with Crippen molar-refractivity contribution < 1.29 is 14.3 Å². The predicted octanol–water partition coefficient (Wildman–Crippen LogP) is 2.69. The zero-order valence-electron chi connectivity index (χ0n) is 15.9. The van der Waals surface area contributed by atoms with Gasteiger partial charge in [-0.3, -0.25) is 4.79 Å². The summed E-state index contributed by atoms with van der Waals surface area (Å²) in [4.78, 5) is 30.9. The van der Waals surface area contributed by atoms with E-state index < -0.39 is 11.6 Å². The minimum Gasteiger partial charge on any atom is -0.493 e. The summed E-state index contributed by atoms with van der Waals surface area (Å²) in [6, 6.07) is 14.5. The second kappa shape index (κ2) is 8.39. The number of ether oxygens (including phenoxy) is 2. The third-order valence-corrected chi connectivity index (χ3v) is 4.24. The van der Waals surface area contributed by atoms with Crippen molar-refractivity contribution in [3.8, 4) is 22.8 Å². The van der Waals surface area contributed by atoms with Crippen molar-refractivity contribution in [3.05, 3.63) is 75.8 Å². The summed E-state index contributed by atoms with van der Waals surface area (Å²) in [6.07, 6.45) is 0. The van der Waals surface area contributed by atoms with Crippen molar-refractivity contribution in [3.63, 3.8) is 0 Å². The lowest BCUT2D eigenvalue weighted by Crippen LogP contribution is -2.27. The number of aromatic amines is 1. The number of amides is 1. The summed E-state index contributed by atoms with van der Waals surface area (Å²) >= 11 is 0. The molecule has 0 spiro atoms. The molecule has 0 atom stereocenters. The number of hydrogen-bond acceptors (Lipinski definition) is 5. The fraction of sp³-hybridized carbons (Fsp3) is 0.190. The number of rotatable bonds is 6. The van der Waals surface area contributed by atoms with Crippen LogP contribution in [0.15, 0.2) is 53.3 Å². The molecule has 1 heterocycles. The highest BCUT2D eigenvalue weighted by molar-refractivity contribution is 5.93. The predicted molar refractivity (Wildman–Crippen MR) is 106 cm³/mol. The lowest BCUT2D eigenvalue weighted by atomic mass is 10.1. The number of methoxy groups -OCH3 is 2. The molecule has 7 nitrogen and oxygen atoms in total.